The summed E-state index contributed by atoms with van der Waals surface area (Å²) in [6, 6.07) is 3.83. The summed E-state index contributed by atoms with van der Waals surface area (Å²) in [5.74, 6) is 0.126. The second-order valence-electron chi connectivity index (χ2n) is 3.93. The van der Waals surface area contributed by atoms with Crippen molar-refractivity contribution >= 4 is 49.0 Å². The molecule has 0 amide bonds. The molecule has 0 aliphatic carbocycles. The molecule has 6 heteroatoms. The molecule has 0 radical (unpaired) electrons. The monoisotopic (exact) mass is 390 g/mol. The lowest BCUT2D eigenvalue weighted by Gasteiger charge is -2.02. The van der Waals surface area contributed by atoms with Crippen LogP contribution in [0.1, 0.15) is 28.0 Å². The van der Waals surface area contributed by atoms with Gasteiger partial charge in [-0.15, -0.1) is 11.3 Å². The number of thiophene rings is 1. The van der Waals surface area contributed by atoms with E-state index in [0.717, 1.165) is 31.1 Å². The molecule has 2 aromatic rings. The van der Waals surface area contributed by atoms with Gasteiger partial charge in [0.2, 0.25) is 0 Å². The molecular formula is C12H12Br2N2OS. The van der Waals surface area contributed by atoms with Crippen molar-refractivity contribution in [3.8, 4) is 0 Å². The van der Waals surface area contributed by atoms with Gasteiger partial charge < -0.3 is 0 Å². The van der Waals surface area contributed by atoms with Crippen LogP contribution in [0.3, 0.4) is 0 Å². The van der Waals surface area contributed by atoms with Crippen LogP contribution < -0.4 is 0 Å². The van der Waals surface area contributed by atoms with E-state index in [0.29, 0.717) is 6.42 Å². The smallest absolute Gasteiger partial charge is 0.178 e. The van der Waals surface area contributed by atoms with Crippen LogP contribution in [0.25, 0.3) is 0 Å². The van der Waals surface area contributed by atoms with Gasteiger partial charge in [-0.3, -0.25) is 9.48 Å². The maximum absolute atomic E-state index is 12.2. The van der Waals surface area contributed by atoms with Crippen LogP contribution in [0.4, 0.5) is 0 Å². The fraction of sp³-hybridized carbons (Fsp3) is 0.333. The van der Waals surface area contributed by atoms with Crippen LogP contribution in [-0.4, -0.2) is 15.6 Å². The quantitative estimate of drug-likeness (QED) is 0.731. The molecule has 2 rings (SSSR count). The van der Waals surface area contributed by atoms with Crippen molar-refractivity contribution in [2.45, 2.75) is 26.8 Å². The minimum atomic E-state index is 0.126. The first-order valence-corrected chi connectivity index (χ1v) is 7.93. The number of halogens is 2. The molecular weight excluding hydrogens is 380 g/mol. The number of aromatic nitrogens is 2. The number of ketones is 1. The summed E-state index contributed by atoms with van der Waals surface area (Å²) >= 11 is 8.25. The third-order valence-electron chi connectivity index (χ3n) is 2.55. The first-order chi connectivity index (χ1) is 8.51. The number of carbonyl (C=O) groups excluding carboxylic acids is 1. The summed E-state index contributed by atoms with van der Waals surface area (Å²) in [5.41, 5.74) is 1.92. The Labute approximate surface area is 126 Å². The first-order valence-electron chi connectivity index (χ1n) is 5.52. The molecule has 2 heterocycles. The lowest BCUT2D eigenvalue weighted by atomic mass is 10.2. The average Bonchev–Trinajstić information content (AvgIpc) is 2.83. The van der Waals surface area contributed by atoms with Gasteiger partial charge in [-0.25, -0.2) is 0 Å². The second-order valence-corrected chi connectivity index (χ2v) is 7.15. The normalized spacial score (nSPS) is 10.9. The standard InChI is InChI=1S/C12H12Br2N2OS/c1-3-16-8(4-7(2)15-16)5-10(17)11-6-9(13)12(14)18-11/h4,6H,3,5H2,1-2H3. The summed E-state index contributed by atoms with van der Waals surface area (Å²) in [7, 11) is 0. The van der Waals surface area contributed by atoms with Crippen molar-refractivity contribution in [1.82, 2.24) is 9.78 Å². The third-order valence-corrected chi connectivity index (χ3v) is 5.84. The lowest BCUT2D eigenvalue weighted by Crippen LogP contribution is -2.08. The summed E-state index contributed by atoms with van der Waals surface area (Å²) < 4.78 is 3.76. The predicted octanol–water partition coefficient (Wildman–Crippen LogP) is 4.22. The van der Waals surface area contributed by atoms with Crippen molar-refractivity contribution in [2.24, 2.45) is 0 Å². The highest BCUT2D eigenvalue weighted by molar-refractivity contribution is 9.13. The van der Waals surface area contributed by atoms with Gasteiger partial charge >= 0.3 is 0 Å². The third kappa shape index (κ3) is 2.92. The van der Waals surface area contributed by atoms with Crippen molar-refractivity contribution in [1.29, 1.82) is 0 Å². The van der Waals surface area contributed by atoms with Crippen LogP contribution in [0.5, 0.6) is 0 Å². The van der Waals surface area contributed by atoms with Crippen LogP contribution in [0.15, 0.2) is 20.4 Å². The zero-order chi connectivity index (χ0) is 13.3. The van der Waals surface area contributed by atoms with Crippen molar-refractivity contribution < 1.29 is 4.79 Å². The molecule has 0 aliphatic rings. The van der Waals surface area contributed by atoms with Crippen molar-refractivity contribution in [3.63, 3.8) is 0 Å². The Morgan fingerprint density at radius 1 is 1.44 bits per heavy atom. The second kappa shape index (κ2) is 5.67. The highest BCUT2D eigenvalue weighted by Crippen LogP contribution is 2.33. The van der Waals surface area contributed by atoms with Gasteiger partial charge in [0.25, 0.3) is 0 Å². The van der Waals surface area contributed by atoms with Gasteiger partial charge in [0.05, 0.1) is 20.8 Å². The molecule has 18 heavy (non-hydrogen) atoms. The van der Waals surface area contributed by atoms with E-state index in [4.69, 9.17) is 0 Å². The SMILES string of the molecule is CCn1nc(C)cc1CC(=O)c1cc(Br)c(Br)s1. The Kier molecular flexibility index (Phi) is 4.40. The number of nitrogens with zero attached hydrogens (tertiary/aromatic N) is 2. The molecule has 0 bridgehead atoms. The number of hydrogen-bond acceptors (Lipinski definition) is 3. The van der Waals surface area contributed by atoms with Gasteiger partial charge in [0.1, 0.15) is 0 Å². The summed E-state index contributed by atoms with van der Waals surface area (Å²) in [4.78, 5) is 12.9. The number of hydrogen-bond donors (Lipinski definition) is 0. The fourth-order valence-corrected chi connectivity index (χ4v) is 3.72. The van der Waals surface area contributed by atoms with Gasteiger partial charge in [-0.05, 0) is 57.8 Å². The molecule has 0 aromatic carbocycles. The molecule has 0 N–H and O–H groups in total. The van der Waals surface area contributed by atoms with Crippen molar-refractivity contribution in [3.05, 3.63) is 36.7 Å². The Hall–Kier alpha value is -0.460. The van der Waals surface area contributed by atoms with E-state index in [9.17, 15) is 4.79 Å². The largest absolute Gasteiger partial charge is 0.293 e. The van der Waals surface area contributed by atoms with Gasteiger partial charge in [-0.1, -0.05) is 0 Å². The number of Topliss-reactive ketones (excluding diaryl/α,β-unsaturated/α-hetero) is 1. The van der Waals surface area contributed by atoms with E-state index in [2.05, 4.69) is 37.0 Å². The highest BCUT2D eigenvalue weighted by atomic mass is 79.9. The topological polar surface area (TPSA) is 34.9 Å². The van der Waals surface area contributed by atoms with Crippen LogP contribution >= 0.6 is 43.2 Å². The number of carbonyl (C=O) groups is 1. The molecule has 0 saturated heterocycles. The first kappa shape index (κ1) is 14.0. The Morgan fingerprint density at radius 3 is 2.72 bits per heavy atom. The molecule has 0 fully saturated rings. The zero-order valence-electron chi connectivity index (χ0n) is 10.0. The van der Waals surface area contributed by atoms with E-state index in [1.807, 2.05) is 30.7 Å². The molecule has 3 nitrogen and oxygen atoms in total. The molecule has 0 atom stereocenters. The molecule has 0 saturated carbocycles. The summed E-state index contributed by atoms with van der Waals surface area (Å²) in [6.45, 7) is 4.76. The van der Waals surface area contributed by atoms with E-state index < -0.39 is 0 Å². The summed E-state index contributed by atoms with van der Waals surface area (Å²) in [5, 5.41) is 4.35. The van der Waals surface area contributed by atoms with Gasteiger partial charge in [0, 0.05) is 16.7 Å². The van der Waals surface area contributed by atoms with E-state index >= 15 is 0 Å². The van der Waals surface area contributed by atoms with E-state index in [1.165, 1.54) is 11.3 Å². The predicted molar refractivity (Wildman–Crippen MR) is 80.4 cm³/mol. The van der Waals surface area contributed by atoms with E-state index in [-0.39, 0.29) is 5.78 Å². The minimum Gasteiger partial charge on any atom is -0.293 e. The summed E-state index contributed by atoms with van der Waals surface area (Å²) in [6.07, 6.45) is 0.397. The lowest BCUT2D eigenvalue weighted by molar-refractivity contribution is 0.0994. The van der Waals surface area contributed by atoms with Gasteiger partial charge in [0.15, 0.2) is 5.78 Å². The van der Waals surface area contributed by atoms with Crippen LogP contribution in [-0.2, 0) is 13.0 Å². The Balaban J connectivity index is 2.20. The molecule has 96 valence electrons. The van der Waals surface area contributed by atoms with E-state index in [1.54, 1.807) is 0 Å². The Morgan fingerprint density at radius 2 is 2.17 bits per heavy atom. The maximum atomic E-state index is 12.2. The minimum absolute atomic E-state index is 0.126. The Bertz CT molecular complexity index is 569. The maximum Gasteiger partial charge on any atom is 0.178 e. The molecule has 0 aliphatic heterocycles. The van der Waals surface area contributed by atoms with Crippen LogP contribution in [0, 0.1) is 6.92 Å². The van der Waals surface area contributed by atoms with Crippen molar-refractivity contribution in [2.75, 3.05) is 0 Å². The molecule has 0 unspecified atom stereocenters. The molecule has 0 spiro atoms. The number of rotatable bonds is 4. The highest BCUT2D eigenvalue weighted by Gasteiger charge is 2.15. The fourth-order valence-electron chi connectivity index (χ4n) is 1.75. The zero-order valence-corrected chi connectivity index (χ0v) is 14.0. The molecule has 2 aromatic heterocycles. The van der Waals surface area contributed by atoms with Gasteiger partial charge in [-0.2, -0.15) is 5.10 Å². The average molecular weight is 392 g/mol. The number of aryl methyl sites for hydroxylation is 2. The van der Waals surface area contributed by atoms with Crippen LogP contribution in [0.2, 0.25) is 0 Å².